The Bertz CT molecular complexity index is 549. The maximum absolute atomic E-state index is 6.34. The smallest absolute Gasteiger partial charge is 0.119 e. The summed E-state index contributed by atoms with van der Waals surface area (Å²) in [4.78, 5) is 2.07. The zero-order valence-electron chi connectivity index (χ0n) is 12.3. The number of ether oxygens (including phenoxy) is 1. The van der Waals surface area contributed by atoms with E-state index in [2.05, 4.69) is 29.2 Å². The number of hydrogen-bond donors (Lipinski definition) is 1. The van der Waals surface area contributed by atoms with Crippen molar-refractivity contribution in [2.75, 3.05) is 25.6 Å². The fraction of sp³-hybridized carbons (Fsp3) is 0.294. The van der Waals surface area contributed by atoms with Crippen LogP contribution in [0.25, 0.3) is 0 Å². The van der Waals surface area contributed by atoms with E-state index in [0.29, 0.717) is 6.61 Å². The number of benzene rings is 2. The first kappa shape index (κ1) is 14.4. The van der Waals surface area contributed by atoms with Gasteiger partial charge in [-0.3, -0.25) is 0 Å². The lowest BCUT2D eigenvalue weighted by Gasteiger charge is -2.16. The van der Waals surface area contributed by atoms with E-state index in [4.69, 9.17) is 10.5 Å². The molecule has 0 radical (unpaired) electrons. The first-order chi connectivity index (χ1) is 9.61. The molecule has 0 aliphatic carbocycles. The molecule has 2 N–H and O–H groups in total. The van der Waals surface area contributed by atoms with E-state index in [0.717, 1.165) is 16.9 Å². The Balaban J connectivity index is 2.21. The Morgan fingerprint density at radius 2 is 1.75 bits per heavy atom. The number of hydrogen-bond acceptors (Lipinski definition) is 3. The third kappa shape index (κ3) is 3.31. The summed E-state index contributed by atoms with van der Waals surface area (Å²) in [5.74, 6) is 0.866. The van der Waals surface area contributed by atoms with Gasteiger partial charge in [-0.05, 0) is 42.3 Å². The van der Waals surface area contributed by atoms with E-state index >= 15 is 0 Å². The summed E-state index contributed by atoms with van der Waals surface area (Å²) in [5.41, 5.74) is 9.67. The summed E-state index contributed by atoms with van der Waals surface area (Å²) in [6.45, 7) is 2.64. The molecular formula is C17H22N2O. The molecule has 3 heteroatoms. The topological polar surface area (TPSA) is 38.5 Å². The van der Waals surface area contributed by atoms with E-state index in [1.807, 2.05) is 45.3 Å². The van der Waals surface area contributed by atoms with Crippen LogP contribution >= 0.6 is 0 Å². The first-order valence-electron chi connectivity index (χ1n) is 6.87. The molecule has 0 spiro atoms. The molecule has 0 fully saturated rings. The molecule has 0 amide bonds. The van der Waals surface area contributed by atoms with Gasteiger partial charge in [0.15, 0.2) is 0 Å². The maximum Gasteiger partial charge on any atom is 0.119 e. The lowest BCUT2D eigenvalue weighted by Crippen LogP contribution is -2.13. The molecule has 3 nitrogen and oxygen atoms in total. The van der Waals surface area contributed by atoms with E-state index < -0.39 is 0 Å². The predicted octanol–water partition coefficient (Wildman–Crippen LogP) is 3.20. The molecule has 1 unspecified atom stereocenters. The van der Waals surface area contributed by atoms with Crippen molar-refractivity contribution in [2.24, 2.45) is 5.73 Å². The Kier molecular flexibility index (Phi) is 4.64. The molecule has 2 aromatic carbocycles. The molecule has 0 bridgehead atoms. The average molecular weight is 270 g/mol. The second kappa shape index (κ2) is 6.44. The minimum absolute atomic E-state index is 0.133. The normalized spacial score (nSPS) is 12.0. The van der Waals surface area contributed by atoms with Gasteiger partial charge in [0.25, 0.3) is 0 Å². The molecule has 106 valence electrons. The maximum atomic E-state index is 6.34. The molecule has 1 atom stereocenters. The summed E-state index contributed by atoms with van der Waals surface area (Å²) in [5, 5.41) is 0. The zero-order chi connectivity index (χ0) is 14.5. The summed E-state index contributed by atoms with van der Waals surface area (Å²) in [6.07, 6.45) is 0. The molecule has 20 heavy (non-hydrogen) atoms. The number of anilines is 1. The highest BCUT2D eigenvalue weighted by Crippen LogP contribution is 2.24. The molecule has 0 saturated carbocycles. The van der Waals surface area contributed by atoms with Crippen molar-refractivity contribution in [3.8, 4) is 5.75 Å². The van der Waals surface area contributed by atoms with Gasteiger partial charge in [0.1, 0.15) is 5.75 Å². The van der Waals surface area contributed by atoms with Crippen molar-refractivity contribution in [3.05, 3.63) is 59.7 Å². The van der Waals surface area contributed by atoms with Gasteiger partial charge in [0.05, 0.1) is 12.6 Å². The minimum atomic E-state index is -0.133. The van der Waals surface area contributed by atoms with E-state index in [1.165, 1.54) is 5.69 Å². The van der Waals surface area contributed by atoms with Crippen LogP contribution in [0.4, 0.5) is 5.69 Å². The van der Waals surface area contributed by atoms with Gasteiger partial charge in [0, 0.05) is 19.8 Å². The van der Waals surface area contributed by atoms with Crippen molar-refractivity contribution < 1.29 is 4.74 Å². The van der Waals surface area contributed by atoms with Gasteiger partial charge < -0.3 is 15.4 Å². The fourth-order valence-electron chi connectivity index (χ4n) is 2.14. The lowest BCUT2D eigenvalue weighted by molar-refractivity contribution is 0.340. The van der Waals surface area contributed by atoms with Gasteiger partial charge in [-0.25, -0.2) is 0 Å². The van der Waals surface area contributed by atoms with E-state index in [9.17, 15) is 0 Å². The highest BCUT2D eigenvalue weighted by Gasteiger charge is 2.10. The van der Waals surface area contributed by atoms with Crippen LogP contribution < -0.4 is 15.4 Å². The molecule has 0 saturated heterocycles. The third-order valence-electron chi connectivity index (χ3n) is 3.30. The van der Waals surface area contributed by atoms with Crippen LogP contribution in [-0.2, 0) is 0 Å². The van der Waals surface area contributed by atoms with E-state index in [1.54, 1.807) is 0 Å². The number of nitrogens with two attached hydrogens (primary N) is 1. The monoisotopic (exact) mass is 270 g/mol. The van der Waals surface area contributed by atoms with Crippen LogP contribution in [0.1, 0.15) is 24.1 Å². The van der Waals surface area contributed by atoms with Crippen LogP contribution in [0.5, 0.6) is 5.75 Å². The van der Waals surface area contributed by atoms with Gasteiger partial charge in [-0.1, -0.05) is 24.3 Å². The molecule has 0 aromatic heterocycles. The predicted molar refractivity (Wildman–Crippen MR) is 84.4 cm³/mol. The average Bonchev–Trinajstić information content (AvgIpc) is 2.47. The van der Waals surface area contributed by atoms with Crippen molar-refractivity contribution in [1.82, 2.24) is 0 Å². The number of rotatable bonds is 5. The van der Waals surface area contributed by atoms with Crippen LogP contribution in [0, 0.1) is 0 Å². The summed E-state index contributed by atoms with van der Waals surface area (Å²) in [6, 6.07) is 16.2. The second-order valence-corrected chi connectivity index (χ2v) is 4.97. The molecular weight excluding hydrogens is 248 g/mol. The fourth-order valence-corrected chi connectivity index (χ4v) is 2.14. The highest BCUT2D eigenvalue weighted by molar-refractivity contribution is 5.48. The van der Waals surface area contributed by atoms with Crippen molar-refractivity contribution in [1.29, 1.82) is 0 Å². The van der Waals surface area contributed by atoms with Crippen LogP contribution in [-0.4, -0.2) is 20.7 Å². The Morgan fingerprint density at radius 1 is 1.05 bits per heavy atom. The van der Waals surface area contributed by atoms with Crippen molar-refractivity contribution >= 4 is 5.69 Å². The second-order valence-electron chi connectivity index (χ2n) is 4.97. The van der Waals surface area contributed by atoms with Crippen molar-refractivity contribution in [2.45, 2.75) is 13.0 Å². The molecule has 2 aromatic rings. The van der Waals surface area contributed by atoms with E-state index in [-0.39, 0.29) is 6.04 Å². The Hall–Kier alpha value is -2.00. The van der Waals surface area contributed by atoms with Crippen LogP contribution in [0.2, 0.25) is 0 Å². The molecule has 2 rings (SSSR count). The lowest BCUT2D eigenvalue weighted by atomic mass is 9.99. The summed E-state index contributed by atoms with van der Waals surface area (Å²) >= 11 is 0. The minimum Gasteiger partial charge on any atom is -0.494 e. The Labute approximate surface area is 121 Å². The van der Waals surface area contributed by atoms with Crippen LogP contribution in [0.3, 0.4) is 0 Å². The first-order valence-corrected chi connectivity index (χ1v) is 6.87. The van der Waals surface area contributed by atoms with Gasteiger partial charge >= 0.3 is 0 Å². The molecule has 0 aliphatic rings. The Morgan fingerprint density at radius 3 is 2.35 bits per heavy atom. The van der Waals surface area contributed by atoms with Crippen LogP contribution in [0.15, 0.2) is 48.5 Å². The highest BCUT2D eigenvalue weighted by atomic mass is 16.5. The van der Waals surface area contributed by atoms with Crippen molar-refractivity contribution in [3.63, 3.8) is 0 Å². The molecule has 0 aliphatic heterocycles. The third-order valence-corrected chi connectivity index (χ3v) is 3.30. The summed E-state index contributed by atoms with van der Waals surface area (Å²) in [7, 11) is 4.06. The zero-order valence-corrected chi connectivity index (χ0v) is 12.3. The standard InChI is InChI=1S/C17H22N2O/c1-4-20-16-7-5-6-14(12-16)17(18)13-8-10-15(11-9-13)19(2)3/h5-12,17H,4,18H2,1-3H3. The molecule has 0 heterocycles. The van der Waals surface area contributed by atoms with Gasteiger partial charge in [0.2, 0.25) is 0 Å². The number of nitrogens with zero attached hydrogens (tertiary/aromatic N) is 1. The summed E-state index contributed by atoms with van der Waals surface area (Å²) < 4.78 is 5.52. The largest absolute Gasteiger partial charge is 0.494 e. The van der Waals surface area contributed by atoms with Gasteiger partial charge in [-0.2, -0.15) is 0 Å². The quantitative estimate of drug-likeness (QED) is 0.906. The SMILES string of the molecule is CCOc1cccc(C(N)c2ccc(N(C)C)cc2)c1. The van der Waals surface area contributed by atoms with Gasteiger partial charge in [-0.15, -0.1) is 0 Å².